The third-order valence-corrected chi connectivity index (χ3v) is 8.11. The second-order valence-electron chi connectivity index (χ2n) is 11.7. The van der Waals surface area contributed by atoms with Gasteiger partial charge in [0.15, 0.2) is 0 Å². The van der Waals surface area contributed by atoms with Crippen LogP contribution in [0.25, 0.3) is 22.4 Å². The van der Waals surface area contributed by atoms with Crippen LogP contribution in [0.3, 0.4) is 0 Å². The highest BCUT2D eigenvalue weighted by atomic mass is 16.3. The van der Waals surface area contributed by atoms with Crippen LogP contribution in [0.2, 0.25) is 0 Å². The van der Waals surface area contributed by atoms with E-state index in [-0.39, 0.29) is 17.9 Å². The highest BCUT2D eigenvalue weighted by Crippen LogP contribution is 2.46. The summed E-state index contributed by atoms with van der Waals surface area (Å²) < 4.78 is 0. The minimum atomic E-state index is -0.707. The lowest BCUT2D eigenvalue weighted by atomic mass is 9.63. The smallest absolute Gasteiger partial charge is 0.224 e. The summed E-state index contributed by atoms with van der Waals surface area (Å²) in [5, 5.41) is 16.2. The van der Waals surface area contributed by atoms with Crippen molar-refractivity contribution in [1.29, 1.82) is 0 Å². The van der Waals surface area contributed by atoms with Crippen LogP contribution in [0.4, 0.5) is 5.69 Å². The molecular formula is C32H38N4O3. The lowest BCUT2D eigenvalue weighted by Gasteiger charge is -2.49. The molecule has 2 saturated carbocycles. The molecule has 2 aromatic carbocycles. The van der Waals surface area contributed by atoms with Crippen molar-refractivity contribution in [1.82, 2.24) is 10.3 Å². The van der Waals surface area contributed by atoms with Gasteiger partial charge in [0, 0.05) is 36.1 Å². The third-order valence-electron chi connectivity index (χ3n) is 8.11. The molecule has 0 radical (unpaired) electrons. The second kappa shape index (κ2) is 10.9. The fourth-order valence-corrected chi connectivity index (χ4v) is 6.35. The summed E-state index contributed by atoms with van der Waals surface area (Å²) in [7, 11) is 0. The van der Waals surface area contributed by atoms with E-state index in [0.717, 1.165) is 53.6 Å². The number of aliphatic hydroxyl groups is 1. The number of anilines is 1. The Labute approximate surface area is 230 Å². The second-order valence-corrected chi connectivity index (χ2v) is 11.7. The van der Waals surface area contributed by atoms with E-state index in [1.807, 2.05) is 67.6 Å². The molecule has 5 rings (SSSR count). The Morgan fingerprint density at radius 2 is 1.67 bits per heavy atom. The lowest BCUT2D eigenvalue weighted by molar-refractivity contribution is -0.120. The lowest BCUT2D eigenvalue weighted by Crippen LogP contribution is -2.58. The van der Waals surface area contributed by atoms with E-state index in [2.05, 4.69) is 10.6 Å². The highest BCUT2D eigenvalue weighted by molar-refractivity contribution is 5.93. The summed E-state index contributed by atoms with van der Waals surface area (Å²) >= 11 is 0. The summed E-state index contributed by atoms with van der Waals surface area (Å²) in [4.78, 5) is 29.0. The van der Waals surface area contributed by atoms with Crippen molar-refractivity contribution in [2.24, 2.45) is 11.7 Å². The largest absolute Gasteiger partial charge is 0.390 e. The molecule has 0 aliphatic heterocycles. The average molecular weight is 527 g/mol. The molecule has 3 aromatic rings. The van der Waals surface area contributed by atoms with E-state index in [1.54, 1.807) is 13.1 Å². The van der Waals surface area contributed by atoms with Gasteiger partial charge in [0.05, 0.1) is 23.2 Å². The third kappa shape index (κ3) is 6.37. The normalized spacial score (nSPS) is 26.4. The van der Waals surface area contributed by atoms with E-state index in [0.29, 0.717) is 30.9 Å². The van der Waals surface area contributed by atoms with Gasteiger partial charge in [0.25, 0.3) is 0 Å². The molecule has 0 atom stereocenters. The summed E-state index contributed by atoms with van der Waals surface area (Å²) in [6.07, 6.45) is 6.95. The van der Waals surface area contributed by atoms with Crippen LogP contribution in [0.15, 0.2) is 66.9 Å². The van der Waals surface area contributed by atoms with Crippen molar-refractivity contribution in [3.8, 4) is 22.4 Å². The van der Waals surface area contributed by atoms with Gasteiger partial charge in [-0.25, -0.2) is 0 Å². The molecule has 0 spiro atoms. The van der Waals surface area contributed by atoms with Crippen LogP contribution in [0.1, 0.15) is 64.4 Å². The van der Waals surface area contributed by atoms with Crippen LogP contribution < -0.4 is 16.4 Å². The summed E-state index contributed by atoms with van der Waals surface area (Å²) in [6.45, 7) is 3.37. The SMILES string of the molecule is CC(=O)NC1CCC(CC(=O)Nc2cnc(-c3ccc(C4(N)CC(C)(O)C4)cc3)c(-c3ccccc3)c2)CC1. The number of nitrogens with two attached hydrogens (primary N) is 1. The first-order valence-electron chi connectivity index (χ1n) is 13.8. The Kier molecular flexibility index (Phi) is 7.56. The van der Waals surface area contributed by atoms with Crippen LogP contribution in [-0.4, -0.2) is 33.5 Å². The summed E-state index contributed by atoms with van der Waals surface area (Å²) in [5.74, 6) is 0.313. The number of nitrogens with one attached hydrogen (secondary N) is 2. The molecule has 0 unspecified atom stereocenters. The zero-order valence-corrected chi connectivity index (χ0v) is 22.7. The van der Waals surface area contributed by atoms with Crippen molar-refractivity contribution >= 4 is 17.5 Å². The Hall–Kier alpha value is -3.55. The highest BCUT2D eigenvalue weighted by Gasteiger charge is 2.49. The Bertz CT molecular complexity index is 1320. The van der Waals surface area contributed by atoms with Crippen LogP contribution in [0, 0.1) is 5.92 Å². The molecule has 7 heteroatoms. The van der Waals surface area contributed by atoms with E-state index in [1.165, 1.54) is 0 Å². The molecule has 2 fully saturated rings. The topological polar surface area (TPSA) is 117 Å². The van der Waals surface area contributed by atoms with Crippen molar-refractivity contribution in [3.05, 3.63) is 72.4 Å². The predicted molar refractivity (Wildman–Crippen MR) is 154 cm³/mol. The van der Waals surface area contributed by atoms with Gasteiger partial charge in [-0.05, 0) is 68.6 Å². The number of benzene rings is 2. The number of carbonyl (C=O) groups excluding carboxylic acids is 2. The van der Waals surface area contributed by atoms with Crippen LogP contribution in [-0.2, 0) is 15.1 Å². The Morgan fingerprint density at radius 1 is 1.00 bits per heavy atom. The number of rotatable bonds is 7. The molecule has 7 nitrogen and oxygen atoms in total. The quantitative estimate of drug-likeness (QED) is 0.340. The molecule has 0 saturated heterocycles. The van der Waals surface area contributed by atoms with Gasteiger partial charge in [0.2, 0.25) is 11.8 Å². The number of nitrogens with zero attached hydrogens (tertiary/aromatic N) is 1. The fourth-order valence-electron chi connectivity index (χ4n) is 6.35. The number of carbonyl (C=O) groups is 2. The molecule has 1 aromatic heterocycles. The molecule has 2 aliphatic rings. The van der Waals surface area contributed by atoms with E-state index >= 15 is 0 Å². The van der Waals surface area contributed by atoms with Crippen molar-refractivity contribution in [3.63, 3.8) is 0 Å². The standard InChI is InChI=1S/C32H38N4O3/c1-21(37)35-26-14-8-22(9-15-26)16-29(38)36-27-17-28(23-6-4-3-5-7-23)30(34-18-27)24-10-12-25(13-11-24)32(33)19-31(2,39)20-32/h3-7,10-13,17-18,22,26,39H,8-9,14-16,19-20,33H2,1-2H3,(H,35,37)(H,36,38). The molecule has 1 heterocycles. The Morgan fingerprint density at radius 3 is 2.28 bits per heavy atom. The zero-order valence-electron chi connectivity index (χ0n) is 22.7. The maximum atomic E-state index is 12.9. The van der Waals surface area contributed by atoms with Gasteiger partial charge in [-0.1, -0.05) is 54.6 Å². The number of pyridine rings is 1. The Balaban J connectivity index is 1.31. The predicted octanol–water partition coefficient (Wildman–Crippen LogP) is 5.14. The maximum Gasteiger partial charge on any atom is 0.224 e. The first-order chi connectivity index (χ1) is 18.6. The molecule has 2 aliphatic carbocycles. The first-order valence-corrected chi connectivity index (χ1v) is 13.8. The van der Waals surface area contributed by atoms with Crippen LogP contribution >= 0.6 is 0 Å². The molecule has 0 bridgehead atoms. The average Bonchev–Trinajstić information content (AvgIpc) is 2.89. The number of aromatic nitrogens is 1. The van der Waals surface area contributed by atoms with Gasteiger partial charge in [-0.15, -0.1) is 0 Å². The molecule has 204 valence electrons. The molecular weight excluding hydrogens is 488 g/mol. The molecule has 2 amide bonds. The molecule has 5 N–H and O–H groups in total. The van der Waals surface area contributed by atoms with E-state index in [4.69, 9.17) is 10.7 Å². The van der Waals surface area contributed by atoms with E-state index < -0.39 is 11.1 Å². The van der Waals surface area contributed by atoms with E-state index in [9.17, 15) is 14.7 Å². The van der Waals surface area contributed by atoms with Gasteiger partial charge >= 0.3 is 0 Å². The van der Waals surface area contributed by atoms with Gasteiger partial charge in [-0.2, -0.15) is 0 Å². The zero-order chi connectivity index (χ0) is 27.6. The number of amides is 2. The van der Waals surface area contributed by atoms with Gasteiger partial charge in [0.1, 0.15) is 0 Å². The van der Waals surface area contributed by atoms with Gasteiger partial charge in [-0.3, -0.25) is 14.6 Å². The van der Waals surface area contributed by atoms with Crippen molar-refractivity contribution in [2.75, 3.05) is 5.32 Å². The van der Waals surface area contributed by atoms with Gasteiger partial charge < -0.3 is 21.5 Å². The minimum Gasteiger partial charge on any atom is -0.390 e. The summed E-state index contributed by atoms with van der Waals surface area (Å²) in [6, 6.07) is 20.4. The number of hydrogen-bond donors (Lipinski definition) is 4. The summed E-state index contributed by atoms with van der Waals surface area (Å²) in [5.41, 5.74) is 10.7. The molecule has 39 heavy (non-hydrogen) atoms. The monoisotopic (exact) mass is 526 g/mol. The minimum absolute atomic E-state index is 0.00760. The first kappa shape index (κ1) is 27.0. The fraction of sp³-hybridized carbons (Fsp3) is 0.406. The maximum absolute atomic E-state index is 12.9. The van der Waals surface area contributed by atoms with Crippen molar-refractivity contribution in [2.45, 2.75) is 76.0 Å². The number of hydrogen-bond acceptors (Lipinski definition) is 5. The van der Waals surface area contributed by atoms with Crippen molar-refractivity contribution < 1.29 is 14.7 Å². The van der Waals surface area contributed by atoms with Crippen LogP contribution in [0.5, 0.6) is 0 Å².